The van der Waals surface area contributed by atoms with Gasteiger partial charge >= 0.3 is 0 Å². The van der Waals surface area contributed by atoms with E-state index in [9.17, 15) is 0 Å². The maximum Gasteiger partial charge on any atom is 0.119 e. The molecule has 2 rings (SSSR count). The third kappa shape index (κ3) is 4.23. The average Bonchev–Trinajstić information content (AvgIpc) is 2.45. The molecule has 2 unspecified atom stereocenters. The van der Waals surface area contributed by atoms with Crippen LogP contribution in [0.15, 0.2) is 24.3 Å². The van der Waals surface area contributed by atoms with Crippen LogP contribution in [-0.2, 0) is 6.42 Å². The maximum atomic E-state index is 6.33. The average molecular weight is 289 g/mol. The molecule has 0 aliphatic heterocycles. The van der Waals surface area contributed by atoms with Crippen LogP contribution in [0, 0.1) is 5.41 Å². The molecular formula is C19H31NO. The molecule has 0 heterocycles. The zero-order chi connectivity index (χ0) is 15.3. The van der Waals surface area contributed by atoms with Gasteiger partial charge in [-0.1, -0.05) is 46.2 Å². The van der Waals surface area contributed by atoms with Gasteiger partial charge in [0, 0.05) is 6.04 Å². The van der Waals surface area contributed by atoms with Gasteiger partial charge in [-0.2, -0.15) is 0 Å². The van der Waals surface area contributed by atoms with Crippen LogP contribution in [0.5, 0.6) is 5.75 Å². The fourth-order valence-corrected chi connectivity index (χ4v) is 3.54. The first kappa shape index (κ1) is 16.4. The van der Waals surface area contributed by atoms with Crippen LogP contribution in [0.4, 0.5) is 0 Å². The molecule has 0 bridgehead atoms. The molecule has 0 aromatic heterocycles. The number of ether oxygens (including phenoxy) is 1. The fraction of sp³-hybridized carbons (Fsp3) is 0.684. The van der Waals surface area contributed by atoms with Gasteiger partial charge < -0.3 is 10.1 Å². The van der Waals surface area contributed by atoms with Crippen molar-refractivity contribution in [3.05, 3.63) is 29.8 Å². The number of hydrogen-bond donors (Lipinski definition) is 1. The molecule has 0 saturated heterocycles. The van der Waals surface area contributed by atoms with Gasteiger partial charge in [-0.05, 0) is 55.3 Å². The molecule has 1 fully saturated rings. The van der Waals surface area contributed by atoms with Gasteiger partial charge in [0.2, 0.25) is 0 Å². The van der Waals surface area contributed by atoms with Crippen LogP contribution in [0.25, 0.3) is 0 Å². The zero-order valence-corrected chi connectivity index (χ0v) is 14.1. The summed E-state index contributed by atoms with van der Waals surface area (Å²) in [5, 5.41) is 3.65. The summed E-state index contributed by atoms with van der Waals surface area (Å²) in [6.07, 6.45) is 6.31. The summed E-state index contributed by atoms with van der Waals surface area (Å²) in [5.41, 5.74) is 1.71. The van der Waals surface area contributed by atoms with E-state index >= 15 is 0 Å². The highest BCUT2D eigenvalue weighted by Crippen LogP contribution is 2.37. The SMILES string of the molecule is CCCc1ccc(OC2CCCC(C)(C)C2NCC)cc1. The van der Waals surface area contributed by atoms with Crippen molar-refractivity contribution in [1.29, 1.82) is 0 Å². The van der Waals surface area contributed by atoms with Crippen molar-refractivity contribution >= 4 is 0 Å². The second-order valence-corrected chi connectivity index (χ2v) is 6.97. The predicted molar refractivity (Wildman–Crippen MR) is 89.9 cm³/mol. The number of hydrogen-bond acceptors (Lipinski definition) is 2. The second-order valence-electron chi connectivity index (χ2n) is 6.97. The van der Waals surface area contributed by atoms with Crippen molar-refractivity contribution < 1.29 is 4.74 Å². The van der Waals surface area contributed by atoms with Crippen LogP contribution < -0.4 is 10.1 Å². The molecule has 118 valence electrons. The molecule has 1 saturated carbocycles. The molecular weight excluding hydrogens is 258 g/mol. The van der Waals surface area contributed by atoms with E-state index in [2.05, 4.69) is 57.3 Å². The highest BCUT2D eigenvalue weighted by molar-refractivity contribution is 5.27. The lowest BCUT2D eigenvalue weighted by Crippen LogP contribution is -2.54. The van der Waals surface area contributed by atoms with Crippen molar-refractivity contribution in [3.63, 3.8) is 0 Å². The lowest BCUT2D eigenvalue weighted by atomic mass is 9.71. The largest absolute Gasteiger partial charge is 0.489 e. The van der Waals surface area contributed by atoms with E-state index in [1.165, 1.54) is 24.8 Å². The lowest BCUT2D eigenvalue weighted by Gasteiger charge is -2.44. The van der Waals surface area contributed by atoms with Gasteiger partial charge in [-0.25, -0.2) is 0 Å². The lowest BCUT2D eigenvalue weighted by molar-refractivity contribution is 0.0372. The van der Waals surface area contributed by atoms with E-state index in [0.717, 1.165) is 25.1 Å². The smallest absolute Gasteiger partial charge is 0.119 e. The van der Waals surface area contributed by atoms with Crippen LogP contribution in [-0.4, -0.2) is 18.7 Å². The summed E-state index contributed by atoms with van der Waals surface area (Å²) in [6, 6.07) is 9.11. The van der Waals surface area contributed by atoms with Gasteiger partial charge in [-0.3, -0.25) is 0 Å². The molecule has 2 nitrogen and oxygen atoms in total. The van der Waals surface area contributed by atoms with E-state index in [0.29, 0.717) is 11.5 Å². The summed E-state index contributed by atoms with van der Waals surface area (Å²) in [4.78, 5) is 0. The highest BCUT2D eigenvalue weighted by atomic mass is 16.5. The Labute approximate surface area is 130 Å². The third-order valence-electron chi connectivity index (χ3n) is 4.70. The van der Waals surface area contributed by atoms with Gasteiger partial charge in [0.05, 0.1) is 0 Å². The van der Waals surface area contributed by atoms with Crippen LogP contribution in [0.3, 0.4) is 0 Å². The number of rotatable bonds is 6. The predicted octanol–water partition coefficient (Wildman–Crippen LogP) is 4.57. The minimum Gasteiger partial charge on any atom is -0.489 e. The van der Waals surface area contributed by atoms with Gasteiger partial charge in [-0.15, -0.1) is 0 Å². The Morgan fingerprint density at radius 3 is 2.52 bits per heavy atom. The first-order chi connectivity index (χ1) is 10.1. The zero-order valence-electron chi connectivity index (χ0n) is 14.1. The van der Waals surface area contributed by atoms with Crippen LogP contribution in [0.2, 0.25) is 0 Å². The molecule has 1 aromatic rings. The molecule has 21 heavy (non-hydrogen) atoms. The highest BCUT2D eigenvalue weighted by Gasteiger charge is 2.39. The monoisotopic (exact) mass is 289 g/mol. The summed E-state index contributed by atoms with van der Waals surface area (Å²) < 4.78 is 6.33. The standard InChI is InChI=1S/C19H31NO/c1-5-8-15-10-12-16(13-11-15)21-17-9-7-14-19(3,4)18(17)20-6-2/h10-13,17-18,20H,5-9,14H2,1-4H3. The van der Waals surface area contributed by atoms with E-state index in [1.807, 2.05) is 0 Å². The fourth-order valence-electron chi connectivity index (χ4n) is 3.54. The normalized spacial score (nSPS) is 24.8. The Morgan fingerprint density at radius 1 is 1.19 bits per heavy atom. The van der Waals surface area contributed by atoms with Gasteiger partial charge in [0.1, 0.15) is 11.9 Å². The van der Waals surface area contributed by atoms with Crippen molar-refractivity contribution in [1.82, 2.24) is 5.32 Å². The second kappa shape index (κ2) is 7.31. The number of aryl methyl sites for hydroxylation is 1. The summed E-state index contributed by atoms with van der Waals surface area (Å²) in [6.45, 7) is 10.1. The van der Waals surface area contributed by atoms with Crippen LogP contribution in [0.1, 0.15) is 58.9 Å². The first-order valence-corrected chi connectivity index (χ1v) is 8.55. The molecule has 1 aromatic carbocycles. The van der Waals surface area contributed by atoms with Crippen LogP contribution >= 0.6 is 0 Å². The molecule has 2 atom stereocenters. The molecule has 0 radical (unpaired) electrons. The molecule has 2 heteroatoms. The summed E-state index contributed by atoms with van der Waals surface area (Å²) >= 11 is 0. The Bertz CT molecular complexity index is 424. The Balaban J connectivity index is 2.05. The van der Waals surface area contributed by atoms with Crippen molar-refractivity contribution in [2.24, 2.45) is 5.41 Å². The molecule has 0 amide bonds. The number of likely N-dealkylation sites (N-methyl/N-ethyl adjacent to an activating group) is 1. The van der Waals surface area contributed by atoms with Crippen molar-refractivity contribution in [3.8, 4) is 5.75 Å². The number of benzene rings is 1. The Kier molecular flexibility index (Phi) is 5.69. The summed E-state index contributed by atoms with van der Waals surface area (Å²) in [7, 11) is 0. The van der Waals surface area contributed by atoms with E-state index in [1.54, 1.807) is 0 Å². The molecule has 0 spiro atoms. The number of nitrogens with one attached hydrogen (secondary N) is 1. The van der Waals surface area contributed by atoms with Crippen molar-refractivity contribution in [2.45, 2.75) is 71.9 Å². The topological polar surface area (TPSA) is 21.3 Å². The molecule has 1 N–H and O–H groups in total. The Hall–Kier alpha value is -1.02. The minimum atomic E-state index is 0.283. The van der Waals surface area contributed by atoms with Gasteiger partial charge in [0.25, 0.3) is 0 Å². The van der Waals surface area contributed by atoms with Crippen molar-refractivity contribution in [2.75, 3.05) is 6.54 Å². The quantitative estimate of drug-likeness (QED) is 0.828. The molecule has 1 aliphatic rings. The molecule has 1 aliphatic carbocycles. The first-order valence-electron chi connectivity index (χ1n) is 8.55. The van der Waals surface area contributed by atoms with E-state index in [-0.39, 0.29) is 6.10 Å². The van der Waals surface area contributed by atoms with E-state index in [4.69, 9.17) is 4.74 Å². The summed E-state index contributed by atoms with van der Waals surface area (Å²) in [5.74, 6) is 1.01. The third-order valence-corrected chi connectivity index (χ3v) is 4.70. The maximum absolute atomic E-state index is 6.33. The van der Waals surface area contributed by atoms with Gasteiger partial charge in [0.15, 0.2) is 0 Å². The van der Waals surface area contributed by atoms with E-state index < -0.39 is 0 Å². The minimum absolute atomic E-state index is 0.283. The Morgan fingerprint density at radius 2 is 1.90 bits per heavy atom.